The molecule has 1 aliphatic heterocycles. The maximum Gasteiger partial charge on any atom is 0.227 e. The first-order chi connectivity index (χ1) is 13.0. The highest BCUT2D eigenvalue weighted by molar-refractivity contribution is 7.91. The highest BCUT2D eigenvalue weighted by atomic mass is 35.5. The standard InChI is InChI=1S/C18H23N3O5S.ClH/c19-18(7-1-2-8-18)17-20-16(26-21-17)6-11-27(22,23)13-4-5-14-15(12-13)25-10-3-9-24-14;/h4-5,12H,1-3,6-11,19H2;1H. The van der Waals surface area contributed by atoms with E-state index in [2.05, 4.69) is 10.1 Å². The van der Waals surface area contributed by atoms with E-state index in [1.54, 1.807) is 6.07 Å². The van der Waals surface area contributed by atoms with Gasteiger partial charge in [0.05, 0.1) is 29.4 Å². The minimum Gasteiger partial charge on any atom is -0.490 e. The van der Waals surface area contributed by atoms with Gasteiger partial charge in [0.25, 0.3) is 0 Å². The molecule has 2 heterocycles. The number of ether oxygens (including phenoxy) is 2. The van der Waals surface area contributed by atoms with E-state index >= 15 is 0 Å². The smallest absolute Gasteiger partial charge is 0.227 e. The van der Waals surface area contributed by atoms with Crippen LogP contribution < -0.4 is 15.2 Å². The van der Waals surface area contributed by atoms with Crippen LogP contribution >= 0.6 is 12.4 Å². The first kappa shape index (κ1) is 20.9. The molecule has 0 amide bonds. The number of nitrogens with two attached hydrogens (primary N) is 1. The number of sulfone groups is 1. The summed E-state index contributed by atoms with van der Waals surface area (Å²) < 4.78 is 41.7. The van der Waals surface area contributed by atoms with E-state index in [1.807, 2.05) is 0 Å². The summed E-state index contributed by atoms with van der Waals surface area (Å²) in [6.45, 7) is 1.06. The van der Waals surface area contributed by atoms with Gasteiger partial charge in [-0.3, -0.25) is 0 Å². The molecule has 8 nitrogen and oxygen atoms in total. The van der Waals surface area contributed by atoms with Gasteiger partial charge in [-0.1, -0.05) is 18.0 Å². The Hall–Kier alpha value is -1.84. The number of rotatable bonds is 5. The second-order valence-corrected chi connectivity index (χ2v) is 9.21. The summed E-state index contributed by atoms with van der Waals surface area (Å²) in [5, 5.41) is 3.97. The lowest BCUT2D eigenvalue weighted by atomic mass is 9.99. The predicted octanol–water partition coefficient (Wildman–Crippen LogP) is 2.40. The third-order valence-electron chi connectivity index (χ3n) is 5.07. The Labute approximate surface area is 170 Å². The zero-order chi connectivity index (χ0) is 18.9. The van der Waals surface area contributed by atoms with Gasteiger partial charge in [-0.15, -0.1) is 12.4 Å². The summed E-state index contributed by atoms with van der Waals surface area (Å²) in [6, 6.07) is 4.69. The molecule has 1 fully saturated rings. The largest absolute Gasteiger partial charge is 0.490 e. The van der Waals surface area contributed by atoms with Gasteiger partial charge in [-0.05, 0) is 25.0 Å². The highest BCUT2D eigenvalue weighted by Gasteiger charge is 2.36. The van der Waals surface area contributed by atoms with Gasteiger partial charge in [-0.2, -0.15) is 4.98 Å². The third-order valence-corrected chi connectivity index (χ3v) is 6.79. The average molecular weight is 430 g/mol. The Bertz CT molecular complexity index is 925. The van der Waals surface area contributed by atoms with Crippen LogP contribution in [-0.4, -0.2) is 37.5 Å². The molecule has 2 N–H and O–H groups in total. The average Bonchev–Trinajstić information content (AvgIpc) is 3.24. The van der Waals surface area contributed by atoms with Crippen molar-refractivity contribution in [2.75, 3.05) is 19.0 Å². The molecule has 1 aliphatic carbocycles. The lowest BCUT2D eigenvalue weighted by Crippen LogP contribution is -2.34. The van der Waals surface area contributed by atoms with Crippen molar-refractivity contribution in [3.63, 3.8) is 0 Å². The van der Waals surface area contributed by atoms with Gasteiger partial charge in [0, 0.05) is 18.9 Å². The lowest BCUT2D eigenvalue weighted by Gasteiger charge is -2.17. The molecule has 0 spiro atoms. The van der Waals surface area contributed by atoms with E-state index < -0.39 is 15.4 Å². The van der Waals surface area contributed by atoms with Gasteiger partial charge in [0.15, 0.2) is 27.2 Å². The van der Waals surface area contributed by atoms with Crippen molar-refractivity contribution in [2.24, 2.45) is 5.73 Å². The number of aromatic nitrogens is 2. The molecule has 2 aliphatic rings. The summed E-state index contributed by atoms with van der Waals surface area (Å²) in [5.74, 6) is 1.66. The first-order valence-electron chi connectivity index (χ1n) is 9.21. The number of hydrogen-bond acceptors (Lipinski definition) is 8. The summed E-state index contributed by atoms with van der Waals surface area (Å²) in [7, 11) is -3.52. The van der Waals surface area contributed by atoms with Crippen molar-refractivity contribution in [3.05, 3.63) is 29.9 Å². The van der Waals surface area contributed by atoms with E-state index in [9.17, 15) is 8.42 Å². The minimum absolute atomic E-state index is 0. The second kappa shape index (κ2) is 8.26. The zero-order valence-corrected chi connectivity index (χ0v) is 17.1. The van der Waals surface area contributed by atoms with Gasteiger partial charge >= 0.3 is 0 Å². The van der Waals surface area contributed by atoms with Crippen molar-refractivity contribution in [1.82, 2.24) is 10.1 Å². The molecule has 4 rings (SSSR count). The van der Waals surface area contributed by atoms with Crippen molar-refractivity contribution < 1.29 is 22.4 Å². The fourth-order valence-electron chi connectivity index (χ4n) is 3.46. The van der Waals surface area contributed by atoms with E-state index in [1.165, 1.54) is 12.1 Å². The fourth-order valence-corrected chi connectivity index (χ4v) is 4.71. The summed E-state index contributed by atoms with van der Waals surface area (Å²) in [5.41, 5.74) is 5.77. The molecule has 154 valence electrons. The number of fused-ring (bicyclic) bond motifs is 1. The van der Waals surface area contributed by atoms with Gasteiger partial charge < -0.3 is 19.7 Å². The lowest BCUT2D eigenvalue weighted by molar-refractivity contribution is 0.297. The van der Waals surface area contributed by atoms with Crippen LogP contribution in [0.25, 0.3) is 0 Å². The Morgan fingerprint density at radius 3 is 2.54 bits per heavy atom. The monoisotopic (exact) mass is 429 g/mol. The van der Waals surface area contributed by atoms with Crippen LogP contribution in [0.4, 0.5) is 0 Å². The zero-order valence-electron chi connectivity index (χ0n) is 15.4. The minimum atomic E-state index is -3.52. The van der Waals surface area contributed by atoms with Gasteiger partial charge in [-0.25, -0.2) is 8.42 Å². The third kappa shape index (κ3) is 4.26. The molecule has 0 bridgehead atoms. The maximum absolute atomic E-state index is 12.7. The second-order valence-electron chi connectivity index (χ2n) is 7.10. The van der Waals surface area contributed by atoms with E-state index in [-0.39, 0.29) is 29.5 Å². The van der Waals surface area contributed by atoms with Crippen LogP contribution in [0.15, 0.2) is 27.6 Å². The molecule has 10 heteroatoms. The quantitative estimate of drug-likeness (QED) is 0.769. The SMILES string of the molecule is Cl.NC1(c2noc(CCS(=O)(=O)c3ccc4c(c3)OCCCO4)n2)CCCC1. The van der Waals surface area contributed by atoms with Crippen LogP contribution in [0.5, 0.6) is 11.5 Å². The summed E-state index contributed by atoms with van der Waals surface area (Å²) in [4.78, 5) is 4.52. The van der Waals surface area contributed by atoms with Gasteiger partial charge in [0.2, 0.25) is 5.89 Å². The molecule has 0 saturated heterocycles. The topological polar surface area (TPSA) is 118 Å². The molecule has 2 aromatic rings. The highest BCUT2D eigenvalue weighted by Crippen LogP contribution is 2.35. The van der Waals surface area contributed by atoms with E-state index in [0.29, 0.717) is 36.4 Å². The van der Waals surface area contributed by atoms with Crippen molar-refractivity contribution in [2.45, 2.75) is 49.0 Å². The van der Waals surface area contributed by atoms with Crippen LogP contribution in [0.1, 0.15) is 43.8 Å². The molecular formula is C18H24ClN3O5S. The number of benzene rings is 1. The van der Waals surface area contributed by atoms with Crippen molar-refractivity contribution in [1.29, 1.82) is 0 Å². The van der Waals surface area contributed by atoms with Crippen LogP contribution in [0.2, 0.25) is 0 Å². The Morgan fingerprint density at radius 2 is 1.79 bits per heavy atom. The molecule has 0 radical (unpaired) electrons. The molecule has 1 aromatic heterocycles. The summed E-state index contributed by atoms with van der Waals surface area (Å²) in [6.07, 6.45) is 4.62. The predicted molar refractivity (Wildman–Crippen MR) is 104 cm³/mol. The number of nitrogens with zero attached hydrogens (tertiary/aromatic N) is 2. The normalized spacial score (nSPS) is 18.3. The maximum atomic E-state index is 12.7. The molecule has 28 heavy (non-hydrogen) atoms. The molecule has 1 saturated carbocycles. The van der Waals surface area contributed by atoms with E-state index in [0.717, 1.165) is 32.1 Å². The molecular weight excluding hydrogens is 406 g/mol. The molecule has 0 atom stereocenters. The van der Waals surface area contributed by atoms with Crippen LogP contribution in [0, 0.1) is 0 Å². The molecule has 0 unspecified atom stereocenters. The van der Waals surface area contributed by atoms with Crippen molar-refractivity contribution >= 4 is 22.2 Å². The number of halogens is 1. The Kier molecular flexibility index (Phi) is 6.16. The van der Waals surface area contributed by atoms with Crippen LogP contribution in [0.3, 0.4) is 0 Å². The molecule has 1 aromatic carbocycles. The Morgan fingerprint density at radius 1 is 1.07 bits per heavy atom. The first-order valence-corrected chi connectivity index (χ1v) is 10.9. The van der Waals surface area contributed by atoms with E-state index in [4.69, 9.17) is 19.7 Å². The van der Waals surface area contributed by atoms with Crippen molar-refractivity contribution in [3.8, 4) is 11.5 Å². The fraction of sp³-hybridized carbons (Fsp3) is 0.556. The van der Waals surface area contributed by atoms with Crippen LogP contribution in [-0.2, 0) is 21.8 Å². The van der Waals surface area contributed by atoms with Gasteiger partial charge in [0.1, 0.15) is 0 Å². The summed E-state index contributed by atoms with van der Waals surface area (Å²) >= 11 is 0. The Balaban J connectivity index is 0.00000225. The number of aryl methyl sites for hydroxylation is 1. The number of hydrogen-bond donors (Lipinski definition) is 1.